The molecule has 54 valence electrons. The van der Waals surface area contributed by atoms with Crippen LogP contribution in [0.5, 0.6) is 0 Å². The predicted molar refractivity (Wildman–Crippen MR) is 38.3 cm³/mol. The van der Waals surface area contributed by atoms with Gasteiger partial charge in [0.1, 0.15) is 0 Å². The SMILES string of the molecule is O[C@H]1C=C[C@@H]2C[C@@H]2[C@H]2C[C@H]21. The molecule has 0 aromatic carbocycles. The van der Waals surface area contributed by atoms with Gasteiger partial charge in [-0.3, -0.25) is 0 Å². The number of allylic oxidation sites excluding steroid dienone is 1. The molecule has 3 rings (SSSR count). The van der Waals surface area contributed by atoms with E-state index in [9.17, 15) is 5.11 Å². The van der Waals surface area contributed by atoms with E-state index >= 15 is 0 Å². The molecule has 2 fully saturated rings. The third-order valence-electron chi connectivity index (χ3n) is 3.33. The van der Waals surface area contributed by atoms with Gasteiger partial charge in [-0.15, -0.1) is 0 Å². The van der Waals surface area contributed by atoms with Gasteiger partial charge in [-0.2, -0.15) is 0 Å². The van der Waals surface area contributed by atoms with Crippen LogP contribution in [-0.4, -0.2) is 11.2 Å². The van der Waals surface area contributed by atoms with Crippen LogP contribution >= 0.6 is 0 Å². The lowest BCUT2D eigenvalue weighted by Crippen LogP contribution is -2.05. The number of fused-ring (bicyclic) bond motifs is 3. The summed E-state index contributed by atoms with van der Waals surface area (Å²) in [6.07, 6.45) is 6.85. The van der Waals surface area contributed by atoms with Crippen LogP contribution in [0.1, 0.15) is 12.8 Å². The Bertz CT molecular complexity index is 197. The Morgan fingerprint density at radius 3 is 2.80 bits per heavy atom. The summed E-state index contributed by atoms with van der Waals surface area (Å²) in [6, 6.07) is 0. The largest absolute Gasteiger partial charge is 0.389 e. The van der Waals surface area contributed by atoms with Gasteiger partial charge < -0.3 is 5.11 Å². The predicted octanol–water partition coefficient (Wildman–Crippen LogP) is 1.19. The second kappa shape index (κ2) is 1.48. The summed E-state index contributed by atoms with van der Waals surface area (Å²) >= 11 is 0. The molecule has 0 amide bonds. The van der Waals surface area contributed by atoms with Gasteiger partial charge in [0.05, 0.1) is 6.10 Å². The minimum atomic E-state index is -0.0993. The van der Waals surface area contributed by atoms with E-state index in [-0.39, 0.29) is 6.10 Å². The van der Waals surface area contributed by atoms with Crippen molar-refractivity contribution in [2.24, 2.45) is 23.7 Å². The molecule has 10 heavy (non-hydrogen) atoms. The smallest absolute Gasteiger partial charge is 0.0752 e. The summed E-state index contributed by atoms with van der Waals surface area (Å²) in [5, 5.41) is 9.45. The quantitative estimate of drug-likeness (QED) is 0.496. The molecule has 0 heterocycles. The zero-order valence-electron chi connectivity index (χ0n) is 5.90. The Labute approximate surface area is 60.7 Å². The van der Waals surface area contributed by atoms with Crippen molar-refractivity contribution in [1.29, 1.82) is 0 Å². The maximum absolute atomic E-state index is 9.45. The summed E-state index contributed by atoms with van der Waals surface area (Å²) in [4.78, 5) is 0. The topological polar surface area (TPSA) is 20.2 Å². The maximum atomic E-state index is 9.45. The van der Waals surface area contributed by atoms with E-state index in [1.807, 2.05) is 6.08 Å². The third kappa shape index (κ3) is 0.567. The van der Waals surface area contributed by atoms with Crippen molar-refractivity contribution < 1.29 is 5.11 Å². The van der Waals surface area contributed by atoms with E-state index in [1.54, 1.807) is 0 Å². The standard InChI is InChI=1S/C9H12O/c10-9-2-1-5-3-6(5)7-4-8(7)9/h1-2,5-10H,3-4H2/t5-,6+,7-,8-,9+/m1/s1. The highest BCUT2D eigenvalue weighted by Crippen LogP contribution is 2.61. The zero-order valence-corrected chi connectivity index (χ0v) is 5.90. The van der Waals surface area contributed by atoms with Gasteiger partial charge in [-0.25, -0.2) is 0 Å². The summed E-state index contributed by atoms with van der Waals surface area (Å²) < 4.78 is 0. The minimum Gasteiger partial charge on any atom is -0.389 e. The van der Waals surface area contributed by atoms with Crippen LogP contribution < -0.4 is 0 Å². The van der Waals surface area contributed by atoms with Gasteiger partial charge in [0.15, 0.2) is 0 Å². The molecule has 0 saturated heterocycles. The van der Waals surface area contributed by atoms with Crippen molar-refractivity contribution in [3.8, 4) is 0 Å². The van der Waals surface area contributed by atoms with E-state index in [4.69, 9.17) is 0 Å². The Kier molecular flexibility index (Phi) is 0.791. The van der Waals surface area contributed by atoms with Crippen LogP contribution in [0.25, 0.3) is 0 Å². The van der Waals surface area contributed by atoms with Gasteiger partial charge >= 0.3 is 0 Å². The first kappa shape index (κ1) is 5.36. The number of aliphatic hydroxyl groups excluding tert-OH is 1. The lowest BCUT2D eigenvalue weighted by molar-refractivity contribution is 0.192. The zero-order chi connectivity index (χ0) is 6.72. The summed E-state index contributed by atoms with van der Waals surface area (Å²) in [5.74, 6) is 3.37. The molecule has 5 atom stereocenters. The Morgan fingerprint density at radius 2 is 1.90 bits per heavy atom. The molecule has 1 nitrogen and oxygen atoms in total. The van der Waals surface area contributed by atoms with Crippen molar-refractivity contribution in [1.82, 2.24) is 0 Å². The molecule has 3 aliphatic rings. The monoisotopic (exact) mass is 136 g/mol. The van der Waals surface area contributed by atoms with Gasteiger partial charge in [-0.1, -0.05) is 12.2 Å². The molecule has 0 aromatic heterocycles. The van der Waals surface area contributed by atoms with Crippen molar-refractivity contribution in [2.75, 3.05) is 0 Å². The van der Waals surface area contributed by atoms with Gasteiger partial charge in [0.2, 0.25) is 0 Å². The molecule has 3 aliphatic carbocycles. The second-order valence-electron chi connectivity index (χ2n) is 4.00. The van der Waals surface area contributed by atoms with E-state index in [0.717, 1.165) is 17.8 Å². The molecule has 0 spiro atoms. The first-order valence-corrected chi connectivity index (χ1v) is 4.22. The fraction of sp³-hybridized carbons (Fsp3) is 0.778. The van der Waals surface area contributed by atoms with Gasteiger partial charge in [0.25, 0.3) is 0 Å². The fourth-order valence-corrected chi connectivity index (χ4v) is 2.47. The van der Waals surface area contributed by atoms with E-state index in [1.165, 1.54) is 12.8 Å². The first-order chi connectivity index (χ1) is 4.86. The van der Waals surface area contributed by atoms with Crippen LogP contribution in [0, 0.1) is 23.7 Å². The van der Waals surface area contributed by atoms with Crippen molar-refractivity contribution >= 4 is 0 Å². The lowest BCUT2D eigenvalue weighted by atomic mass is 10.1. The highest BCUT2D eigenvalue weighted by molar-refractivity contribution is 5.17. The first-order valence-electron chi connectivity index (χ1n) is 4.22. The Hall–Kier alpha value is -0.300. The van der Waals surface area contributed by atoms with E-state index in [0.29, 0.717) is 5.92 Å². The van der Waals surface area contributed by atoms with Crippen LogP contribution in [0.4, 0.5) is 0 Å². The lowest BCUT2D eigenvalue weighted by Gasteiger charge is -2.00. The molecule has 2 saturated carbocycles. The molecule has 1 heteroatoms. The highest BCUT2D eigenvalue weighted by atomic mass is 16.3. The number of rotatable bonds is 0. The second-order valence-corrected chi connectivity index (χ2v) is 4.00. The van der Waals surface area contributed by atoms with E-state index < -0.39 is 0 Å². The van der Waals surface area contributed by atoms with Crippen LogP contribution in [0.3, 0.4) is 0 Å². The molecule has 0 bridgehead atoms. The maximum Gasteiger partial charge on any atom is 0.0752 e. The molecular weight excluding hydrogens is 124 g/mol. The number of hydrogen-bond acceptors (Lipinski definition) is 1. The molecule has 1 N–H and O–H groups in total. The summed E-state index contributed by atoms with van der Waals surface area (Å²) in [7, 11) is 0. The minimum absolute atomic E-state index is 0.0993. The summed E-state index contributed by atoms with van der Waals surface area (Å²) in [5.41, 5.74) is 0. The molecular formula is C9H12O. The Balaban J connectivity index is 1.91. The van der Waals surface area contributed by atoms with Crippen LogP contribution in [0.15, 0.2) is 12.2 Å². The van der Waals surface area contributed by atoms with Crippen molar-refractivity contribution in [3.05, 3.63) is 12.2 Å². The van der Waals surface area contributed by atoms with Gasteiger partial charge in [0, 0.05) is 0 Å². The average Bonchev–Trinajstić information content (AvgIpc) is 2.71. The van der Waals surface area contributed by atoms with E-state index in [2.05, 4.69) is 6.08 Å². The third-order valence-corrected chi connectivity index (χ3v) is 3.33. The molecule has 0 aliphatic heterocycles. The highest BCUT2D eigenvalue weighted by Gasteiger charge is 2.55. The fourth-order valence-electron chi connectivity index (χ4n) is 2.47. The number of aliphatic hydroxyl groups is 1. The van der Waals surface area contributed by atoms with Crippen LogP contribution in [0.2, 0.25) is 0 Å². The number of hydrogen-bond donors (Lipinski definition) is 1. The molecule has 0 aromatic rings. The molecule has 0 radical (unpaired) electrons. The van der Waals surface area contributed by atoms with Gasteiger partial charge in [-0.05, 0) is 36.5 Å². The summed E-state index contributed by atoms with van der Waals surface area (Å²) in [6.45, 7) is 0. The van der Waals surface area contributed by atoms with Crippen LogP contribution in [-0.2, 0) is 0 Å². The normalized spacial score (nSPS) is 62.3. The van der Waals surface area contributed by atoms with Crippen molar-refractivity contribution in [2.45, 2.75) is 18.9 Å². The van der Waals surface area contributed by atoms with Crippen molar-refractivity contribution in [3.63, 3.8) is 0 Å². The average molecular weight is 136 g/mol. The molecule has 0 unspecified atom stereocenters. The Morgan fingerprint density at radius 1 is 1.00 bits per heavy atom.